The first-order chi connectivity index (χ1) is 9.55. The predicted octanol–water partition coefficient (Wildman–Crippen LogP) is 4.05. The predicted molar refractivity (Wildman–Crippen MR) is 83.1 cm³/mol. The Kier molecular flexibility index (Phi) is 7.49. The Labute approximate surface area is 125 Å². The first-order valence-electron chi connectivity index (χ1n) is 8.17. The Bertz CT molecular complexity index is 249. The number of rotatable bonds is 10. The fourth-order valence-corrected chi connectivity index (χ4v) is 3.36. The molecule has 1 fully saturated rings. The highest BCUT2D eigenvalue weighted by Gasteiger charge is 2.42. The molecule has 0 spiro atoms. The van der Waals surface area contributed by atoms with Gasteiger partial charge in [0, 0.05) is 19.6 Å². The van der Waals surface area contributed by atoms with Crippen molar-refractivity contribution in [1.82, 2.24) is 0 Å². The minimum absolute atomic E-state index is 0.0194. The summed E-state index contributed by atoms with van der Waals surface area (Å²) in [7, 11) is 3.58. The van der Waals surface area contributed by atoms with Crippen molar-refractivity contribution in [2.24, 2.45) is 11.3 Å². The van der Waals surface area contributed by atoms with E-state index in [0.717, 1.165) is 32.7 Å². The van der Waals surface area contributed by atoms with Crippen molar-refractivity contribution in [1.29, 1.82) is 0 Å². The van der Waals surface area contributed by atoms with Crippen LogP contribution in [-0.4, -0.2) is 39.6 Å². The molecule has 0 saturated heterocycles. The molecule has 0 radical (unpaired) electrons. The topological polar surface area (TPSA) is 27.7 Å². The van der Waals surface area contributed by atoms with Crippen LogP contribution >= 0.6 is 0 Å². The summed E-state index contributed by atoms with van der Waals surface area (Å²) < 4.78 is 17.4. The van der Waals surface area contributed by atoms with Crippen LogP contribution in [0.1, 0.15) is 59.3 Å². The molecule has 0 aromatic heterocycles. The zero-order chi connectivity index (χ0) is 15.1. The molecule has 0 bridgehead atoms. The lowest BCUT2D eigenvalue weighted by atomic mass is 9.75. The van der Waals surface area contributed by atoms with Gasteiger partial charge in [-0.1, -0.05) is 26.7 Å². The van der Waals surface area contributed by atoms with Crippen LogP contribution in [0.5, 0.6) is 0 Å². The van der Waals surface area contributed by atoms with E-state index < -0.39 is 0 Å². The van der Waals surface area contributed by atoms with Gasteiger partial charge >= 0.3 is 0 Å². The zero-order valence-electron chi connectivity index (χ0n) is 14.2. The van der Waals surface area contributed by atoms with Crippen molar-refractivity contribution in [2.75, 3.05) is 34.0 Å². The van der Waals surface area contributed by atoms with Crippen LogP contribution in [0, 0.1) is 11.3 Å². The normalized spacial score (nSPS) is 17.9. The van der Waals surface area contributed by atoms with E-state index in [9.17, 15) is 0 Å². The number of methoxy groups -OCH3 is 2. The fraction of sp³-hybridized carbons (Fsp3) is 1.00. The number of hydrogen-bond acceptors (Lipinski definition) is 3. The van der Waals surface area contributed by atoms with Gasteiger partial charge in [-0.15, -0.1) is 0 Å². The Morgan fingerprint density at radius 2 is 1.40 bits per heavy atom. The standard InChI is InChI=1S/C17H34O3/c1-6-16(3,7-2)20-14-17(12-18-4,13-19-5)15-10-8-9-11-15/h15H,6-14H2,1-5H3. The summed E-state index contributed by atoms with van der Waals surface area (Å²) in [5, 5.41) is 0. The lowest BCUT2D eigenvalue weighted by Crippen LogP contribution is -2.45. The largest absolute Gasteiger partial charge is 0.384 e. The van der Waals surface area contributed by atoms with Gasteiger partial charge in [0.05, 0.1) is 25.4 Å². The summed E-state index contributed by atoms with van der Waals surface area (Å²) in [6, 6.07) is 0. The second-order valence-electron chi connectivity index (χ2n) is 6.66. The van der Waals surface area contributed by atoms with E-state index in [1.54, 1.807) is 14.2 Å². The summed E-state index contributed by atoms with van der Waals surface area (Å²) >= 11 is 0. The maximum absolute atomic E-state index is 6.35. The quantitative estimate of drug-likeness (QED) is 0.606. The third kappa shape index (κ3) is 4.44. The van der Waals surface area contributed by atoms with Gasteiger partial charge in [-0.3, -0.25) is 0 Å². The lowest BCUT2D eigenvalue weighted by molar-refractivity contribution is -0.132. The van der Waals surface area contributed by atoms with E-state index in [1.807, 2.05) is 0 Å². The lowest BCUT2D eigenvalue weighted by Gasteiger charge is -2.41. The van der Waals surface area contributed by atoms with Gasteiger partial charge < -0.3 is 14.2 Å². The average Bonchev–Trinajstić information content (AvgIpc) is 2.99. The van der Waals surface area contributed by atoms with Crippen molar-refractivity contribution in [3.05, 3.63) is 0 Å². The van der Waals surface area contributed by atoms with Crippen LogP contribution in [0.25, 0.3) is 0 Å². The van der Waals surface area contributed by atoms with Crippen molar-refractivity contribution in [2.45, 2.75) is 64.9 Å². The fourth-order valence-electron chi connectivity index (χ4n) is 3.36. The van der Waals surface area contributed by atoms with E-state index >= 15 is 0 Å². The van der Waals surface area contributed by atoms with E-state index in [2.05, 4.69) is 20.8 Å². The van der Waals surface area contributed by atoms with Gasteiger partial charge in [-0.2, -0.15) is 0 Å². The Hall–Kier alpha value is -0.120. The van der Waals surface area contributed by atoms with Gasteiger partial charge in [0.2, 0.25) is 0 Å². The smallest absolute Gasteiger partial charge is 0.0649 e. The molecule has 0 atom stereocenters. The summed E-state index contributed by atoms with van der Waals surface area (Å²) in [4.78, 5) is 0. The summed E-state index contributed by atoms with van der Waals surface area (Å²) in [6.07, 6.45) is 7.32. The summed E-state index contributed by atoms with van der Waals surface area (Å²) in [5.74, 6) is 0.667. The van der Waals surface area contributed by atoms with Gasteiger partial charge in [-0.05, 0) is 38.5 Å². The number of ether oxygens (including phenoxy) is 3. The molecule has 0 aromatic carbocycles. The average molecular weight is 286 g/mol. The molecule has 1 aliphatic rings. The van der Waals surface area contributed by atoms with Crippen molar-refractivity contribution < 1.29 is 14.2 Å². The molecule has 120 valence electrons. The molecule has 0 aromatic rings. The molecule has 0 amide bonds. The van der Waals surface area contributed by atoms with Gasteiger partial charge in [-0.25, -0.2) is 0 Å². The third-order valence-electron chi connectivity index (χ3n) is 5.29. The molecule has 0 N–H and O–H groups in total. The molecule has 0 heterocycles. The van der Waals surface area contributed by atoms with Crippen LogP contribution in [0.4, 0.5) is 0 Å². The molecular formula is C17H34O3. The maximum atomic E-state index is 6.35. The first kappa shape index (κ1) is 17.9. The van der Waals surface area contributed by atoms with Crippen LogP contribution in [0.2, 0.25) is 0 Å². The Balaban J connectivity index is 2.79. The first-order valence-corrected chi connectivity index (χ1v) is 8.17. The highest BCUT2D eigenvalue weighted by Crippen LogP contribution is 2.42. The van der Waals surface area contributed by atoms with E-state index in [4.69, 9.17) is 14.2 Å². The maximum Gasteiger partial charge on any atom is 0.0649 e. The van der Waals surface area contributed by atoms with Gasteiger partial charge in [0.25, 0.3) is 0 Å². The minimum atomic E-state index is -0.0225. The van der Waals surface area contributed by atoms with Crippen molar-refractivity contribution in [3.8, 4) is 0 Å². The van der Waals surface area contributed by atoms with Gasteiger partial charge in [0.15, 0.2) is 0 Å². The third-order valence-corrected chi connectivity index (χ3v) is 5.29. The molecule has 20 heavy (non-hydrogen) atoms. The Morgan fingerprint density at radius 1 is 0.900 bits per heavy atom. The van der Waals surface area contributed by atoms with E-state index in [1.165, 1.54) is 25.7 Å². The SMILES string of the molecule is CCC(C)(CC)OCC(COC)(COC)C1CCCC1. The highest BCUT2D eigenvalue weighted by atomic mass is 16.5. The second-order valence-corrected chi connectivity index (χ2v) is 6.66. The van der Waals surface area contributed by atoms with E-state index in [0.29, 0.717) is 5.92 Å². The van der Waals surface area contributed by atoms with Crippen LogP contribution in [0.3, 0.4) is 0 Å². The molecule has 3 nitrogen and oxygen atoms in total. The van der Waals surface area contributed by atoms with Crippen LogP contribution in [0.15, 0.2) is 0 Å². The van der Waals surface area contributed by atoms with Gasteiger partial charge in [0.1, 0.15) is 0 Å². The molecule has 1 aliphatic carbocycles. The molecule has 1 saturated carbocycles. The highest BCUT2D eigenvalue weighted by molar-refractivity contribution is 4.90. The molecule has 3 heteroatoms. The zero-order valence-corrected chi connectivity index (χ0v) is 14.2. The molecule has 1 rings (SSSR count). The van der Waals surface area contributed by atoms with Crippen molar-refractivity contribution >= 4 is 0 Å². The number of hydrogen-bond donors (Lipinski definition) is 0. The summed E-state index contributed by atoms with van der Waals surface area (Å²) in [5.41, 5.74) is -0.00304. The van der Waals surface area contributed by atoms with Crippen LogP contribution in [-0.2, 0) is 14.2 Å². The van der Waals surface area contributed by atoms with E-state index in [-0.39, 0.29) is 11.0 Å². The molecule has 0 unspecified atom stereocenters. The Morgan fingerprint density at radius 3 is 1.80 bits per heavy atom. The molecular weight excluding hydrogens is 252 g/mol. The van der Waals surface area contributed by atoms with Crippen molar-refractivity contribution in [3.63, 3.8) is 0 Å². The van der Waals surface area contributed by atoms with Crippen LogP contribution < -0.4 is 0 Å². The summed E-state index contributed by atoms with van der Waals surface area (Å²) in [6.45, 7) is 8.83. The minimum Gasteiger partial charge on any atom is -0.384 e. The molecule has 0 aliphatic heterocycles. The monoisotopic (exact) mass is 286 g/mol. The second kappa shape index (κ2) is 8.35.